The third kappa shape index (κ3) is 8.19. The maximum absolute atomic E-state index is 12.9. The molecule has 0 radical (unpaired) electrons. The van der Waals surface area contributed by atoms with E-state index in [1.165, 1.54) is 42.5 Å². The number of hydrogen-bond acceptors (Lipinski definition) is 6. The lowest BCUT2D eigenvalue weighted by Gasteiger charge is -2.12. The fraction of sp³-hybridized carbons (Fsp3) is 0.208. The standard InChI is InChI=1S/C24H24F3N3O6S2/c1-17-5-9-21(10-6-17)37(32,33)29-14-13-28-23(31)16-36-20-7-11-22(12-8-20)38(34,35)30-19-4-2-3-18(15-19)24(25,26)27/h2-12,15,29-30H,13-14,16H2,1H3,(H,28,31). The van der Waals surface area contributed by atoms with Crippen molar-refractivity contribution in [3.05, 3.63) is 83.9 Å². The summed E-state index contributed by atoms with van der Waals surface area (Å²) in [5.41, 5.74) is -0.333. The summed E-state index contributed by atoms with van der Waals surface area (Å²) in [6.45, 7) is 1.37. The molecule has 0 atom stereocenters. The van der Waals surface area contributed by atoms with E-state index < -0.39 is 44.3 Å². The smallest absolute Gasteiger partial charge is 0.416 e. The van der Waals surface area contributed by atoms with Crippen LogP contribution in [0.25, 0.3) is 0 Å². The Balaban J connectivity index is 1.46. The average molecular weight is 572 g/mol. The molecule has 38 heavy (non-hydrogen) atoms. The number of halogens is 3. The molecule has 0 heterocycles. The molecule has 0 unspecified atom stereocenters. The number of aryl methyl sites for hydroxylation is 1. The number of alkyl halides is 3. The van der Waals surface area contributed by atoms with Gasteiger partial charge in [-0.1, -0.05) is 23.8 Å². The van der Waals surface area contributed by atoms with Crippen molar-refractivity contribution in [2.45, 2.75) is 22.9 Å². The second-order valence-electron chi connectivity index (χ2n) is 8.00. The van der Waals surface area contributed by atoms with Gasteiger partial charge in [-0.25, -0.2) is 21.6 Å². The summed E-state index contributed by atoms with van der Waals surface area (Å²) < 4.78 is 97.8. The molecular formula is C24H24F3N3O6S2. The molecule has 0 aromatic heterocycles. The van der Waals surface area contributed by atoms with E-state index in [9.17, 15) is 34.8 Å². The number of carbonyl (C=O) groups is 1. The van der Waals surface area contributed by atoms with Gasteiger partial charge in [-0.15, -0.1) is 0 Å². The highest BCUT2D eigenvalue weighted by Crippen LogP contribution is 2.31. The predicted octanol–water partition coefficient (Wildman–Crippen LogP) is 3.29. The van der Waals surface area contributed by atoms with Crippen molar-refractivity contribution in [2.24, 2.45) is 0 Å². The van der Waals surface area contributed by atoms with Crippen LogP contribution in [0.4, 0.5) is 18.9 Å². The molecule has 3 aromatic rings. The Morgan fingerprint density at radius 3 is 2.08 bits per heavy atom. The lowest BCUT2D eigenvalue weighted by Crippen LogP contribution is -2.36. The molecule has 0 saturated heterocycles. The molecule has 204 valence electrons. The van der Waals surface area contributed by atoms with Gasteiger partial charge in [0.25, 0.3) is 15.9 Å². The Bertz CT molecular complexity index is 1480. The van der Waals surface area contributed by atoms with Crippen LogP contribution in [0.1, 0.15) is 11.1 Å². The Morgan fingerprint density at radius 2 is 1.45 bits per heavy atom. The second kappa shape index (κ2) is 11.8. The van der Waals surface area contributed by atoms with Gasteiger partial charge in [-0.05, 0) is 61.5 Å². The van der Waals surface area contributed by atoms with Crippen molar-refractivity contribution in [3.8, 4) is 5.75 Å². The lowest BCUT2D eigenvalue weighted by molar-refractivity contribution is -0.137. The zero-order valence-corrected chi connectivity index (χ0v) is 21.6. The molecule has 9 nitrogen and oxygen atoms in total. The SMILES string of the molecule is Cc1ccc(S(=O)(=O)NCCNC(=O)COc2ccc(S(=O)(=O)Nc3cccc(C(F)(F)F)c3)cc2)cc1. The first-order chi connectivity index (χ1) is 17.8. The number of hydrogen-bond donors (Lipinski definition) is 3. The summed E-state index contributed by atoms with van der Waals surface area (Å²) in [6, 6.07) is 15.0. The number of ether oxygens (including phenoxy) is 1. The molecule has 0 saturated carbocycles. The van der Waals surface area contributed by atoms with Crippen LogP contribution in [-0.2, 0) is 31.0 Å². The van der Waals surface area contributed by atoms with Crippen LogP contribution in [0.15, 0.2) is 82.6 Å². The van der Waals surface area contributed by atoms with E-state index >= 15 is 0 Å². The Labute approximate surface area is 218 Å². The highest BCUT2D eigenvalue weighted by Gasteiger charge is 2.30. The third-order valence-electron chi connectivity index (χ3n) is 5.02. The summed E-state index contributed by atoms with van der Waals surface area (Å²) in [6.07, 6.45) is -4.62. The number of nitrogens with one attached hydrogen (secondary N) is 3. The van der Waals surface area contributed by atoms with Gasteiger partial charge in [-0.3, -0.25) is 9.52 Å². The minimum Gasteiger partial charge on any atom is -0.484 e. The summed E-state index contributed by atoms with van der Waals surface area (Å²) in [5.74, 6) is -0.374. The minimum atomic E-state index is -4.62. The second-order valence-corrected chi connectivity index (χ2v) is 11.5. The highest BCUT2D eigenvalue weighted by atomic mass is 32.2. The van der Waals surface area contributed by atoms with Gasteiger partial charge in [0.2, 0.25) is 10.0 Å². The van der Waals surface area contributed by atoms with Crippen LogP contribution in [-0.4, -0.2) is 42.4 Å². The van der Waals surface area contributed by atoms with E-state index in [1.54, 1.807) is 12.1 Å². The number of amides is 1. The summed E-state index contributed by atoms with van der Waals surface area (Å²) >= 11 is 0. The van der Waals surface area contributed by atoms with E-state index in [0.717, 1.165) is 17.7 Å². The first kappa shape index (κ1) is 28.9. The van der Waals surface area contributed by atoms with E-state index in [-0.39, 0.29) is 34.3 Å². The molecule has 0 fully saturated rings. The molecule has 14 heteroatoms. The van der Waals surface area contributed by atoms with Crippen molar-refractivity contribution in [1.82, 2.24) is 10.0 Å². The van der Waals surface area contributed by atoms with E-state index in [1.807, 2.05) is 6.92 Å². The van der Waals surface area contributed by atoms with Crippen LogP contribution in [0, 0.1) is 6.92 Å². The van der Waals surface area contributed by atoms with Crippen molar-refractivity contribution >= 4 is 31.6 Å². The molecular weight excluding hydrogens is 547 g/mol. The van der Waals surface area contributed by atoms with Crippen molar-refractivity contribution < 1.29 is 39.5 Å². The van der Waals surface area contributed by atoms with Crippen LogP contribution < -0.4 is 19.5 Å². The molecule has 1 amide bonds. The zero-order valence-electron chi connectivity index (χ0n) is 19.9. The van der Waals surface area contributed by atoms with E-state index in [4.69, 9.17) is 4.74 Å². The predicted molar refractivity (Wildman–Crippen MR) is 134 cm³/mol. The third-order valence-corrected chi connectivity index (χ3v) is 7.89. The Hall–Kier alpha value is -3.62. The Morgan fingerprint density at radius 1 is 0.842 bits per heavy atom. The van der Waals surface area contributed by atoms with Crippen molar-refractivity contribution in [2.75, 3.05) is 24.4 Å². The van der Waals surface area contributed by atoms with Crippen LogP contribution in [0.2, 0.25) is 0 Å². The molecule has 3 aromatic carbocycles. The molecule has 3 rings (SSSR count). The van der Waals surface area contributed by atoms with Gasteiger partial charge in [0.15, 0.2) is 6.61 Å². The van der Waals surface area contributed by atoms with Gasteiger partial charge >= 0.3 is 6.18 Å². The van der Waals surface area contributed by atoms with Crippen LogP contribution in [0.3, 0.4) is 0 Å². The maximum atomic E-state index is 12.9. The monoisotopic (exact) mass is 571 g/mol. The number of sulfonamides is 2. The number of carbonyl (C=O) groups excluding carboxylic acids is 1. The van der Waals surface area contributed by atoms with Crippen molar-refractivity contribution in [3.63, 3.8) is 0 Å². The van der Waals surface area contributed by atoms with Gasteiger partial charge in [0, 0.05) is 18.8 Å². The summed E-state index contributed by atoms with van der Waals surface area (Å²) in [5, 5.41) is 2.49. The van der Waals surface area contributed by atoms with Gasteiger partial charge in [-0.2, -0.15) is 13.2 Å². The molecule has 3 N–H and O–H groups in total. The first-order valence-corrected chi connectivity index (χ1v) is 14.0. The fourth-order valence-corrected chi connectivity index (χ4v) is 5.16. The zero-order chi connectivity index (χ0) is 28.0. The molecule has 0 bridgehead atoms. The first-order valence-electron chi connectivity index (χ1n) is 11.0. The molecule has 0 aliphatic heterocycles. The normalized spacial score (nSPS) is 12.1. The maximum Gasteiger partial charge on any atom is 0.416 e. The van der Waals surface area contributed by atoms with Gasteiger partial charge in [0.05, 0.1) is 15.4 Å². The largest absolute Gasteiger partial charge is 0.484 e. The summed E-state index contributed by atoms with van der Waals surface area (Å²) in [4.78, 5) is 11.9. The highest BCUT2D eigenvalue weighted by molar-refractivity contribution is 7.92. The molecule has 0 aliphatic carbocycles. The number of benzene rings is 3. The van der Waals surface area contributed by atoms with Crippen molar-refractivity contribution in [1.29, 1.82) is 0 Å². The average Bonchev–Trinajstić information content (AvgIpc) is 2.85. The minimum absolute atomic E-state index is 0.00563. The Kier molecular flexibility index (Phi) is 9.01. The number of rotatable bonds is 11. The lowest BCUT2D eigenvalue weighted by atomic mass is 10.2. The number of anilines is 1. The van der Waals surface area contributed by atoms with Gasteiger partial charge in [0.1, 0.15) is 5.75 Å². The van der Waals surface area contributed by atoms with Crippen LogP contribution >= 0.6 is 0 Å². The topological polar surface area (TPSA) is 131 Å². The quantitative estimate of drug-likeness (QED) is 0.303. The van der Waals surface area contributed by atoms with Crippen LogP contribution in [0.5, 0.6) is 5.75 Å². The molecule has 0 spiro atoms. The van der Waals surface area contributed by atoms with Gasteiger partial charge < -0.3 is 10.1 Å². The molecule has 0 aliphatic rings. The van der Waals surface area contributed by atoms with E-state index in [2.05, 4.69) is 14.8 Å². The fourth-order valence-electron chi connectivity index (χ4n) is 3.08. The summed E-state index contributed by atoms with van der Waals surface area (Å²) in [7, 11) is -7.89. The van der Waals surface area contributed by atoms with E-state index in [0.29, 0.717) is 6.07 Å².